The van der Waals surface area contributed by atoms with Gasteiger partial charge in [-0.1, -0.05) is 0 Å². The van der Waals surface area contributed by atoms with Crippen LogP contribution in [0.2, 0.25) is 0 Å². The van der Waals surface area contributed by atoms with Crippen molar-refractivity contribution in [1.29, 1.82) is 0 Å². The van der Waals surface area contributed by atoms with Gasteiger partial charge in [0.1, 0.15) is 5.56 Å². The topological polar surface area (TPSA) is 90.7 Å². The van der Waals surface area contributed by atoms with Gasteiger partial charge in [-0.15, -0.1) is 0 Å². The highest BCUT2D eigenvalue weighted by atomic mass is 127. The molecule has 18 heavy (non-hydrogen) atoms. The third kappa shape index (κ3) is 4.20. The first-order chi connectivity index (χ1) is 8.56. The number of methoxy groups -OCH3 is 1. The second-order valence-corrected chi connectivity index (χ2v) is 4.44. The number of hydroxylamine groups is 1. The molecule has 1 amide bonds. The Morgan fingerprint density at radius 2 is 2.22 bits per heavy atom. The highest BCUT2D eigenvalue weighted by molar-refractivity contribution is 14.1. The molecule has 1 rings (SSSR count). The average molecular weight is 366 g/mol. The molecule has 0 aliphatic carbocycles. The van der Waals surface area contributed by atoms with Crippen molar-refractivity contribution in [1.82, 2.24) is 5.48 Å². The predicted molar refractivity (Wildman–Crippen MR) is 71.1 cm³/mol. The number of hydrogen-bond donors (Lipinski definition) is 1. The van der Waals surface area contributed by atoms with E-state index in [4.69, 9.17) is 9.57 Å². The van der Waals surface area contributed by atoms with Crippen molar-refractivity contribution < 1.29 is 19.3 Å². The lowest BCUT2D eigenvalue weighted by molar-refractivity contribution is -0.385. The molecule has 1 aromatic carbocycles. The van der Waals surface area contributed by atoms with Crippen LogP contribution >= 0.6 is 22.6 Å². The molecule has 0 saturated carbocycles. The smallest absolute Gasteiger partial charge is 0.283 e. The van der Waals surface area contributed by atoms with Crippen molar-refractivity contribution in [2.24, 2.45) is 0 Å². The van der Waals surface area contributed by atoms with Crippen molar-refractivity contribution in [3.8, 4) is 0 Å². The number of hydrogen-bond acceptors (Lipinski definition) is 5. The Morgan fingerprint density at radius 1 is 1.50 bits per heavy atom. The number of nitro benzene ring substituents is 1. The summed E-state index contributed by atoms with van der Waals surface area (Å²) in [6.07, 6.45) is 0. The van der Waals surface area contributed by atoms with Crippen LogP contribution in [0.3, 0.4) is 0 Å². The van der Waals surface area contributed by atoms with Crippen LogP contribution in [0, 0.1) is 13.7 Å². The lowest BCUT2D eigenvalue weighted by Gasteiger charge is -2.06. The van der Waals surface area contributed by atoms with Crippen LogP contribution in [0.25, 0.3) is 0 Å². The second-order valence-electron chi connectivity index (χ2n) is 3.19. The molecule has 98 valence electrons. The lowest BCUT2D eigenvalue weighted by atomic mass is 10.2. The van der Waals surface area contributed by atoms with Crippen LogP contribution in [0.5, 0.6) is 0 Å². The van der Waals surface area contributed by atoms with Gasteiger partial charge < -0.3 is 4.74 Å². The van der Waals surface area contributed by atoms with Gasteiger partial charge in [-0.05, 0) is 34.7 Å². The van der Waals surface area contributed by atoms with Gasteiger partial charge in [0.2, 0.25) is 0 Å². The van der Waals surface area contributed by atoms with Gasteiger partial charge in [-0.2, -0.15) is 0 Å². The Kier molecular flexibility index (Phi) is 5.95. The largest absolute Gasteiger partial charge is 0.382 e. The normalized spacial score (nSPS) is 10.1. The maximum Gasteiger partial charge on any atom is 0.283 e. The average Bonchev–Trinajstić information content (AvgIpc) is 2.34. The molecular formula is C10H11IN2O5. The molecule has 7 nitrogen and oxygen atoms in total. The van der Waals surface area contributed by atoms with Crippen LogP contribution in [0.15, 0.2) is 18.2 Å². The summed E-state index contributed by atoms with van der Waals surface area (Å²) in [6.45, 7) is 0.482. The molecular weight excluding hydrogens is 355 g/mol. The molecule has 8 heteroatoms. The predicted octanol–water partition coefficient (Wildman–Crippen LogP) is 1.51. The summed E-state index contributed by atoms with van der Waals surface area (Å²) in [5.41, 5.74) is 1.82. The number of amides is 1. The summed E-state index contributed by atoms with van der Waals surface area (Å²) in [4.78, 5) is 26.7. The molecule has 0 atom stereocenters. The van der Waals surface area contributed by atoms with E-state index in [1.807, 2.05) is 22.6 Å². The number of rotatable bonds is 6. The van der Waals surface area contributed by atoms with E-state index in [0.29, 0.717) is 10.2 Å². The molecule has 0 fully saturated rings. The van der Waals surface area contributed by atoms with E-state index in [9.17, 15) is 14.9 Å². The zero-order valence-corrected chi connectivity index (χ0v) is 11.7. The quantitative estimate of drug-likeness (QED) is 0.357. The molecule has 0 heterocycles. The fourth-order valence-electron chi connectivity index (χ4n) is 1.14. The minimum Gasteiger partial charge on any atom is -0.382 e. The minimum absolute atomic E-state index is 0.0437. The van der Waals surface area contributed by atoms with Gasteiger partial charge in [-0.3, -0.25) is 19.7 Å². The number of halogens is 1. The minimum atomic E-state index is -0.658. The van der Waals surface area contributed by atoms with Crippen LogP contribution in [-0.2, 0) is 9.57 Å². The molecule has 0 aliphatic rings. The highest BCUT2D eigenvalue weighted by Crippen LogP contribution is 2.21. The van der Waals surface area contributed by atoms with E-state index in [1.54, 1.807) is 6.07 Å². The van der Waals surface area contributed by atoms with Gasteiger partial charge in [-0.25, -0.2) is 5.48 Å². The summed E-state index contributed by atoms with van der Waals surface area (Å²) < 4.78 is 5.40. The summed E-state index contributed by atoms with van der Waals surface area (Å²) in [6, 6.07) is 4.32. The van der Waals surface area contributed by atoms with E-state index in [2.05, 4.69) is 5.48 Å². The van der Waals surface area contributed by atoms with Gasteiger partial charge in [0.05, 0.1) is 18.1 Å². The van der Waals surface area contributed by atoms with Gasteiger partial charge >= 0.3 is 0 Å². The zero-order valence-electron chi connectivity index (χ0n) is 9.51. The third-order valence-electron chi connectivity index (χ3n) is 1.96. The van der Waals surface area contributed by atoms with E-state index in [0.717, 1.165) is 0 Å². The molecule has 0 spiro atoms. The summed E-state index contributed by atoms with van der Waals surface area (Å²) in [7, 11) is 1.50. The van der Waals surface area contributed by atoms with Gasteiger partial charge in [0.25, 0.3) is 11.6 Å². The molecule has 0 aromatic heterocycles. The van der Waals surface area contributed by atoms with Crippen LogP contribution < -0.4 is 5.48 Å². The highest BCUT2D eigenvalue weighted by Gasteiger charge is 2.20. The Labute approximate surface area is 117 Å². The second kappa shape index (κ2) is 7.24. The summed E-state index contributed by atoms with van der Waals surface area (Å²) in [5.74, 6) is -0.658. The number of nitrogens with one attached hydrogen (secondary N) is 1. The number of carbonyl (C=O) groups excluding carboxylic acids is 1. The first-order valence-corrected chi connectivity index (χ1v) is 5.99. The maximum atomic E-state index is 11.7. The molecule has 1 N–H and O–H groups in total. The Hall–Kier alpha value is -1.26. The van der Waals surface area contributed by atoms with Gasteiger partial charge in [0, 0.05) is 16.7 Å². The van der Waals surface area contributed by atoms with E-state index in [1.165, 1.54) is 19.2 Å². The van der Waals surface area contributed by atoms with Gasteiger partial charge in [0.15, 0.2) is 0 Å². The van der Waals surface area contributed by atoms with Crippen LogP contribution in [0.4, 0.5) is 5.69 Å². The Bertz CT molecular complexity index is 452. The fraction of sp³-hybridized carbons (Fsp3) is 0.300. The number of benzene rings is 1. The SMILES string of the molecule is COCCONC(=O)c1ccc(I)cc1[N+](=O)[O-]. The summed E-state index contributed by atoms with van der Waals surface area (Å²) in [5, 5.41) is 10.8. The number of nitro groups is 1. The fourth-order valence-corrected chi connectivity index (χ4v) is 1.62. The molecule has 0 saturated heterocycles. The zero-order chi connectivity index (χ0) is 13.5. The molecule has 0 bridgehead atoms. The number of nitrogens with zero attached hydrogens (tertiary/aromatic N) is 1. The van der Waals surface area contributed by atoms with Crippen molar-refractivity contribution in [2.45, 2.75) is 0 Å². The first-order valence-electron chi connectivity index (χ1n) is 4.91. The van der Waals surface area contributed by atoms with Crippen molar-refractivity contribution in [2.75, 3.05) is 20.3 Å². The molecule has 1 aromatic rings. The van der Waals surface area contributed by atoms with Crippen LogP contribution in [0.1, 0.15) is 10.4 Å². The van der Waals surface area contributed by atoms with E-state index in [-0.39, 0.29) is 17.9 Å². The molecule has 0 radical (unpaired) electrons. The Morgan fingerprint density at radius 3 is 2.83 bits per heavy atom. The number of ether oxygens (including phenoxy) is 1. The monoisotopic (exact) mass is 366 g/mol. The van der Waals surface area contributed by atoms with E-state index >= 15 is 0 Å². The first kappa shape index (κ1) is 14.8. The Balaban J connectivity index is 2.76. The third-order valence-corrected chi connectivity index (χ3v) is 2.63. The lowest BCUT2D eigenvalue weighted by Crippen LogP contribution is -2.26. The van der Waals surface area contributed by atoms with Crippen molar-refractivity contribution >= 4 is 34.2 Å². The van der Waals surface area contributed by atoms with Crippen molar-refractivity contribution in [3.05, 3.63) is 37.4 Å². The standard InChI is InChI=1S/C10H11IN2O5/c1-17-4-5-18-12-10(14)8-3-2-7(11)6-9(8)13(15)16/h2-3,6H,4-5H2,1H3,(H,12,14). The van der Waals surface area contributed by atoms with Crippen molar-refractivity contribution in [3.63, 3.8) is 0 Å². The maximum absolute atomic E-state index is 11.7. The molecule has 0 unspecified atom stereocenters. The van der Waals surface area contributed by atoms with E-state index < -0.39 is 10.8 Å². The molecule has 0 aliphatic heterocycles. The van der Waals surface area contributed by atoms with Crippen LogP contribution in [-0.4, -0.2) is 31.2 Å². The summed E-state index contributed by atoms with van der Waals surface area (Å²) >= 11 is 1.93. The number of carbonyl (C=O) groups is 1.